The largest absolute Gasteiger partial charge is 0.508 e. The van der Waals surface area contributed by atoms with E-state index in [1.807, 2.05) is 19.1 Å². The van der Waals surface area contributed by atoms with Crippen molar-refractivity contribution in [1.82, 2.24) is 52.4 Å². The van der Waals surface area contributed by atoms with Gasteiger partial charge in [0.2, 0.25) is 59.1 Å². The molecule has 4 aliphatic rings. The van der Waals surface area contributed by atoms with Gasteiger partial charge in [0, 0.05) is 92.9 Å². The summed E-state index contributed by atoms with van der Waals surface area (Å²) < 4.78 is 29.7. The van der Waals surface area contributed by atoms with Crippen LogP contribution in [0.4, 0.5) is 10.5 Å². The number of halogens is 1. The number of hydrogen-bond donors (Lipinski definition) is 15. The Morgan fingerprint density at radius 2 is 1.52 bits per heavy atom. The van der Waals surface area contributed by atoms with Crippen molar-refractivity contribution in [2.45, 2.75) is 195 Å². The number of esters is 1. The van der Waals surface area contributed by atoms with Crippen LogP contribution in [0, 0.1) is 5.92 Å². The second kappa shape index (κ2) is 44.6. The molecule has 5 aromatic rings. The zero-order valence-corrected chi connectivity index (χ0v) is 73.2. The number of amides is 11. The van der Waals surface area contributed by atoms with E-state index in [9.17, 15) is 63.3 Å². The molecule has 3 saturated heterocycles. The number of aromatic nitrogens is 1. The summed E-state index contributed by atoms with van der Waals surface area (Å²) in [6.07, 6.45) is -0.267. The summed E-state index contributed by atoms with van der Waals surface area (Å²) in [7, 11) is 9.72. The number of aromatic amines is 1. The minimum absolute atomic E-state index is 0.0522. The molecule has 122 heavy (non-hydrogen) atoms. The Kier molecular flexibility index (Phi) is 35.2. The second-order valence-electron chi connectivity index (χ2n) is 30.8. The van der Waals surface area contributed by atoms with Gasteiger partial charge >= 0.3 is 12.1 Å². The molecule has 0 aliphatic carbocycles. The molecule has 34 nitrogen and oxygen atoms in total. The number of primary amides is 1. The Hall–Kier alpha value is -9.61. The summed E-state index contributed by atoms with van der Waals surface area (Å²) in [6.45, 7) is 8.07. The van der Waals surface area contributed by atoms with Crippen LogP contribution in [-0.4, -0.2) is 250 Å². The van der Waals surface area contributed by atoms with Crippen molar-refractivity contribution in [1.29, 1.82) is 0 Å². The molecule has 4 aliphatic heterocycles. The number of nitrogens with two attached hydrogens (primary N) is 3. The first-order chi connectivity index (χ1) is 58.0. The smallest absolute Gasteiger partial charge is 0.409 e. The molecular weight excluding hydrogens is 1680 g/mol. The van der Waals surface area contributed by atoms with Gasteiger partial charge in [-0.15, -0.1) is 0 Å². The first-order valence-electron chi connectivity index (χ1n) is 39.8. The van der Waals surface area contributed by atoms with Crippen LogP contribution in [0.15, 0.2) is 121 Å². The van der Waals surface area contributed by atoms with Crippen molar-refractivity contribution < 1.29 is 96.5 Å². The van der Waals surface area contributed by atoms with Crippen LogP contribution in [0.3, 0.4) is 0 Å². The molecule has 0 unspecified atom stereocenters. The van der Waals surface area contributed by atoms with Crippen LogP contribution >= 0.6 is 54.8 Å². The number of likely N-dealkylation sites (N-methyl/N-ethyl adjacent to an activating group) is 1. The number of rotatable bonds is 27. The number of phenolic OH excluding ortho intramolecular Hbond substituents is 1. The van der Waals surface area contributed by atoms with Gasteiger partial charge in [-0.1, -0.05) is 146 Å². The number of allylic oxidation sites excluding steroid dienone is 3. The Morgan fingerprint density at radius 3 is 2.20 bits per heavy atom. The molecule has 0 saturated carbocycles. The van der Waals surface area contributed by atoms with Crippen molar-refractivity contribution in [3.63, 3.8) is 0 Å². The van der Waals surface area contributed by atoms with Crippen LogP contribution in [0.1, 0.15) is 95.4 Å². The van der Waals surface area contributed by atoms with Gasteiger partial charge in [0.25, 0.3) is 0 Å². The van der Waals surface area contributed by atoms with Crippen LogP contribution in [0.2, 0.25) is 5.02 Å². The predicted molar refractivity (Wildman–Crippen MR) is 465 cm³/mol. The highest BCUT2D eigenvalue weighted by molar-refractivity contribution is 8.77. The quantitative estimate of drug-likeness (QED) is 0.0155. The van der Waals surface area contributed by atoms with E-state index in [0.717, 1.165) is 53.6 Å². The molecule has 5 heterocycles. The topological polar surface area (TPSA) is 512 Å². The van der Waals surface area contributed by atoms with Crippen LogP contribution < -0.4 is 69.4 Å². The van der Waals surface area contributed by atoms with Gasteiger partial charge in [0.05, 0.1) is 37.5 Å². The lowest BCUT2D eigenvalue weighted by molar-refractivity contribution is -0.162. The molecule has 1 aromatic heterocycles. The number of alkyl carbamates (subject to hydrolysis) is 1. The lowest BCUT2D eigenvalue weighted by atomic mass is 9.83. The summed E-state index contributed by atoms with van der Waals surface area (Å²) in [5.41, 5.74) is 19.2. The zero-order valence-electron chi connectivity index (χ0n) is 69.2. The minimum atomic E-state index is -1.95. The lowest BCUT2D eigenvalue weighted by Gasteiger charge is -2.42. The van der Waals surface area contributed by atoms with Crippen LogP contribution in [-0.2, 0) is 97.4 Å². The number of methoxy groups -OCH3 is 2. The maximum absolute atomic E-state index is 15.1. The number of carbonyl (C=O) groups excluding carboxylic acids is 12. The zero-order chi connectivity index (χ0) is 88.9. The molecule has 9 rings (SSSR count). The Labute approximate surface area is 727 Å². The number of aliphatic hydroxyl groups excluding tert-OH is 1. The first-order valence-corrected chi connectivity index (χ1v) is 45.2. The number of ether oxygens (including phenoxy) is 5. The van der Waals surface area contributed by atoms with Gasteiger partial charge in [-0.3, -0.25) is 53.3 Å². The number of nitrogens with zero attached hydrogens (tertiary/aromatic N) is 2. The molecule has 4 aromatic carbocycles. The third-order valence-corrected chi connectivity index (χ3v) is 27.0. The summed E-state index contributed by atoms with van der Waals surface area (Å²) in [6, 6.07) is 12.0. The molecule has 17 atom stereocenters. The number of benzene rings is 4. The van der Waals surface area contributed by atoms with Gasteiger partial charge in [-0.2, -0.15) is 0 Å². The number of fused-ring (bicyclic) bond motifs is 6. The number of aromatic hydroxyl groups is 1. The molecule has 3 fully saturated rings. The second-order valence-corrected chi connectivity index (χ2v) is 36.4. The van der Waals surface area contributed by atoms with Gasteiger partial charge in [-0.25, -0.2) is 9.59 Å². The van der Waals surface area contributed by atoms with Crippen molar-refractivity contribution in [3.8, 4) is 11.5 Å². The van der Waals surface area contributed by atoms with Crippen molar-refractivity contribution >= 4 is 143 Å². The number of para-hydroxylation sites is 1. The Morgan fingerprint density at radius 1 is 0.844 bits per heavy atom. The third kappa shape index (κ3) is 26.0. The van der Waals surface area contributed by atoms with Gasteiger partial charge in [-0.05, 0) is 119 Å². The number of unbranched alkanes of at least 4 members (excludes halogenated alkanes) is 1. The standard InChI is InChI=1S/C83H109ClN14O20S4/c1-44-18-17-24-65(115-9)83(113)39-64(116-81(112)96-83)45(2)71-82(5,118-71)66(38-68(102)98(7)62-35-50(32-44)36-63(114-8)69(62)84)117-80(111)46(3)97(6)67(101)29-31-119-120-41-59(72(87)103)92-78(109)61-43-122-121-42-60(93-73(104)54(86)33-48-19-11-10-12-20-48)77(108)90-57(34-49-25-27-52(100)28-26-49)75(106)91-58(37-51-40-88-55-22-14-13-21-53(51)55)76(107)89-56(23-15-16-30-85)74(105)95-70(47(4)99)79(110)94-61/h10-14,17-22,24-28,35-36,40,45-47,54,56-61,64-66,70-71,88,99-100,113H,15-16,23,29-34,37-39,41-43,85-86H2,1-9H3,(H2,87,103)(H,89,107)(H,90,108)(H,91,106)(H,92,109)(H,93,104)(H,94,110)(H,95,105)(H,96,112)/b24-17+,44-18+/t45-,46+,47-,54-,56+,57+,58-,59+,60+,61+,64+,65-,66+,70+,71+,82-,83+/m1/s1. The lowest BCUT2D eigenvalue weighted by Crippen LogP contribution is -2.63. The molecule has 662 valence electrons. The molecular formula is C83H109ClN14O20S4. The van der Waals surface area contributed by atoms with E-state index in [2.05, 4.69) is 47.5 Å². The van der Waals surface area contributed by atoms with E-state index < -0.39 is 180 Å². The van der Waals surface area contributed by atoms with Crippen molar-refractivity contribution in [2.75, 3.05) is 62.8 Å². The van der Waals surface area contributed by atoms with Crippen LogP contribution in [0.5, 0.6) is 11.5 Å². The van der Waals surface area contributed by atoms with E-state index >= 15 is 9.59 Å². The number of epoxide rings is 1. The number of phenols is 1. The highest BCUT2D eigenvalue weighted by Gasteiger charge is 2.65. The summed E-state index contributed by atoms with van der Waals surface area (Å²) >= 11 is 6.89. The SMILES string of the molecule is COc1cc2cc(c1Cl)N(C)C(=O)C[C@H](OC(=O)[C@H](C)N(C)C(=O)CCSSC[C@H](NC(=O)[C@@H]1CSSC[C@H](NC(=O)[C@H](N)Cc3ccccc3)C(=O)N[C@@H](Cc3ccc(O)cc3)C(=O)N[C@H](Cc3c[nH]c4ccccc34)C(=O)N[C@@H](CCCCN)C(=O)N[C@@H]([C@@H](C)O)C(=O)N1)C(N)=O)[C@@]1(C)O[C@H]1[C@H](C)[C@@H]1C[C@@](O)(NC(=O)O1)[C@H](OC)/C=C/C=C(\C)C2. The highest BCUT2D eigenvalue weighted by Crippen LogP contribution is 2.49. The summed E-state index contributed by atoms with van der Waals surface area (Å²) in [4.78, 5) is 179. The molecule has 39 heteroatoms. The maximum atomic E-state index is 15.1. The molecule has 0 radical (unpaired) electrons. The predicted octanol–water partition coefficient (Wildman–Crippen LogP) is 3.31. The number of anilines is 1. The molecule has 0 spiro atoms. The average molecular weight is 1790 g/mol. The van der Waals surface area contributed by atoms with Crippen LogP contribution in [0.25, 0.3) is 10.9 Å². The summed E-state index contributed by atoms with van der Waals surface area (Å²) in [5.74, 6) is -10.8. The minimum Gasteiger partial charge on any atom is -0.508 e. The number of aliphatic hydroxyl groups is 2. The fraction of sp³-hybridized carbons (Fsp3) is 0.494. The third-order valence-electron chi connectivity index (χ3n) is 21.7. The summed E-state index contributed by atoms with van der Waals surface area (Å²) in [5, 5.41) is 55.7. The van der Waals surface area contributed by atoms with Crippen molar-refractivity contribution in [2.24, 2.45) is 23.1 Å². The number of H-pyrrole nitrogens is 1. The molecule has 4 bridgehead atoms. The van der Waals surface area contributed by atoms with Gasteiger partial charge < -0.3 is 108 Å². The fourth-order valence-corrected chi connectivity index (χ4v) is 19.1. The number of nitrogens with one attached hydrogen (secondary N) is 9. The normalized spacial score (nSPS) is 26.5. The Balaban J connectivity index is 0.910. The Bertz CT molecular complexity index is 4630. The van der Waals surface area contributed by atoms with Gasteiger partial charge in [0.15, 0.2) is 5.72 Å². The van der Waals surface area contributed by atoms with E-state index in [1.54, 1.807) is 92.9 Å². The van der Waals surface area contributed by atoms with Crippen molar-refractivity contribution in [3.05, 3.63) is 148 Å². The monoisotopic (exact) mass is 1780 g/mol. The van der Waals surface area contributed by atoms with E-state index in [1.165, 1.54) is 71.3 Å². The molecule has 18 N–H and O–H groups in total. The molecule has 11 amide bonds. The van der Waals surface area contributed by atoms with E-state index in [0.29, 0.717) is 46.0 Å². The number of carbonyl (C=O) groups is 12. The fourth-order valence-electron chi connectivity index (χ4n) is 14.3. The average Bonchev–Trinajstić information content (AvgIpc) is 1.57. The van der Waals surface area contributed by atoms with E-state index in [-0.39, 0.29) is 96.7 Å². The first kappa shape index (κ1) is 96.2. The number of hydrogen-bond acceptors (Lipinski definition) is 26. The van der Waals surface area contributed by atoms with E-state index in [4.69, 9.17) is 52.5 Å². The maximum Gasteiger partial charge on any atom is 0.409 e. The highest BCUT2D eigenvalue weighted by atomic mass is 35.5. The van der Waals surface area contributed by atoms with Gasteiger partial charge in [0.1, 0.15) is 88.8 Å².